The number of hydrogen-bond donors (Lipinski definition) is 4. The van der Waals surface area contributed by atoms with Gasteiger partial charge in [-0.1, -0.05) is 43.3 Å². The Bertz CT molecular complexity index is 1380. The summed E-state index contributed by atoms with van der Waals surface area (Å²) in [4.78, 5) is 74.4. The Kier molecular flexibility index (Phi) is 10.1. The second-order valence-corrected chi connectivity index (χ2v) is 8.14. The van der Waals surface area contributed by atoms with Crippen LogP contribution in [0, 0.1) is 0 Å². The van der Waals surface area contributed by atoms with Crippen molar-refractivity contribution in [3.05, 3.63) is 102 Å². The zero-order valence-electron chi connectivity index (χ0n) is 21.2. The molecule has 40 heavy (non-hydrogen) atoms. The van der Waals surface area contributed by atoms with E-state index in [1.807, 2.05) is 5.43 Å². The van der Waals surface area contributed by atoms with Crippen molar-refractivity contribution in [2.45, 2.75) is 25.6 Å². The lowest BCUT2D eigenvalue weighted by molar-refractivity contribution is -0.159. The fourth-order valence-electron chi connectivity index (χ4n) is 3.23. The fraction of sp³-hybridized carbons (Fsp3) is 0.143. The highest BCUT2D eigenvalue weighted by atomic mass is 16.6. The number of anilines is 1. The lowest BCUT2D eigenvalue weighted by Gasteiger charge is -2.23. The standard InChI is InChI=1S/C28H25N3O9/c1-2-21(32)29-20-15-13-17(14-16-20)24(33)30-31-25(34)22(39-27(37)18-9-5-3-6-10-18)23(26(35)36)40-28(38)19-11-7-4-8-12-19/h3-16,22-23H,2H2,1H3,(H,29,32)(H,30,33)(H,31,34)(H,35,36)/t22-,23+/m0/s1. The minimum Gasteiger partial charge on any atom is -0.478 e. The second kappa shape index (κ2) is 13.9. The van der Waals surface area contributed by atoms with E-state index in [1.165, 1.54) is 72.8 Å². The number of nitrogens with one attached hydrogen (secondary N) is 3. The Morgan fingerprint density at radius 3 is 1.65 bits per heavy atom. The molecule has 0 aliphatic rings. The molecule has 4 N–H and O–H groups in total. The average Bonchev–Trinajstić information content (AvgIpc) is 2.98. The first-order valence-corrected chi connectivity index (χ1v) is 11.9. The molecule has 0 unspecified atom stereocenters. The Morgan fingerprint density at radius 1 is 0.675 bits per heavy atom. The van der Waals surface area contributed by atoms with Crippen molar-refractivity contribution in [3.8, 4) is 0 Å². The molecular formula is C28H25N3O9. The quantitative estimate of drug-likeness (QED) is 0.219. The van der Waals surface area contributed by atoms with Gasteiger partial charge in [-0.25, -0.2) is 14.4 Å². The van der Waals surface area contributed by atoms with E-state index in [0.29, 0.717) is 5.69 Å². The van der Waals surface area contributed by atoms with Crippen LogP contribution in [0.3, 0.4) is 0 Å². The maximum absolute atomic E-state index is 13.0. The number of hydrazine groups is 1. The lowest BCUT2D eigenvalue weighted by atomic mass is 10.1. The van der Waals surface area contributed by atoms with Crippen molar-refractivity contribution in [2.75, 3.05) is 5.32 Å². The Morgan fingerprint density at radius 2 is 1.18 bits per heavy atom. The number of hydrogen-bond acceptors (Lipinski definition) is 8. The van der Waals surface area contributed by atoms with Crippen molar-refractivity contribution in [3.63, 3.8) is 0 Å². The first-order chi connectivity index (χ1) is 19.2. The van der Waals surface area contributed by atoms with E-state index < -0.39 is 41.9 Å². The van der Waals surface area contributed by atoms with Crippen molar-refractivity contribution < 1.29 is 43.3 Å². The number of carbonyl (C=O) groups excluding carboxylic acids is 5. The molecule has 3 aromatic carbocycles. The highest BCUT2D eigenvalue weighted by Gasteiger charge is 2.41. The number of amides is 3. The number of carboxylic acid groups (broad SMARTS) is 1. The first kappa shape index (κ1) is 29.0. The van der Waals surface area contributed by atoms with E-state index in [9.17, 15) is 33.9 Å². The molecule has 0 radical (unpaired) electrons. The molecule has 3 amide bonds. The highest BCUT2D eigenvalue weighted by Crippen LogP contribution is 2.14. The summed E-state index contributed by atoms with van der Waals surface area (Å²) in [6, 6.07) is 20.5. The normalized spacial score (nSPS) is 11.7. The molecule has 0 fully saturated rings. The molecule has 0 spiro atoms. The summed E-state index contributed by atoms with van der Waals surface area (Å²) in [5.41, 5.74) is 4.62. The maximum atomic E-state index is 13.0. The number of rotatable bonds is 10. The third kappa shape index (κ3) is 7.99. The molecule has 0 aliphatic heterocycles. The van der Waals surface area contributed by atoms with Crippen LogP contribution in [0.1, 0.15) is 44.4 Å². The van der Waals surface area contributed by atoms with Gasteiger partial charge in [-0.15, -0.1) is 0 Å². The van der Waals surface area contributed by atoms with Gasteiger partial charge in [0.2, 0.25) is 18.1 Å². The molecule has 0 saturated heterocycles. The van der Waals surface area contributed by atoms with Gasteiger partial charge in [0.05, 0.1) is 11.1 Å². The molecule has 0 saturated carbocycles. The van der Waals surface area contributed by atoms with Crippen LogP contribution in [0.2, 0.25) is 0 Å². The SMILES string of the molecule is CCC(=O)Nc1ccc(C(=O)NNC(=O)[C@@H](OC(=O)c2ccccc2)[C@@H](OC(=O)c2ccccc2)C(=O)O)cc1. The largest absolute Gasteiger partial charge is 0.478 e. The predicted octanol–water partition coefficient (Wildman–Crippen LogP) is 2.33. The zero-order valence-corrected chi connectivity index (χ0v) is 21.2. The molecule has 0 bridgehead atoms. The van der Waals surface area contributed by atoms with Gasteiger partial charge in [0.15, 0.2) is 0 Å². The summed E-state index contributed by atoms with van der Waals surface area (Å²) in [6.45, 7) is 1.68. The van der Waals surface area contributed by atoms with E-state index in [2.05, 4.69) is 10.7 Å². The first-order valence-electron chi connectivity index (χ1n) is 11.9. The van der Waals surface area contributed by atoms with E-state index in [4.69, 9.17) is 9.47 Å². The molecule has 0 aliphatic carbocycles. The van der Waals surface area contributed by atoms with Gasteiger partial charge in [0.25, 0.3) is 11.8 Å². The van der Waals surface area contributed by atoms with Crippen LogP contribution in [0.15, 0.2) is 84.9 Å². The lowest BCUT2D eigenvalue weighted by Crippen LogP contribution is -2.54. The summed E-state index contributed by atoms with van der Waals surface area (Å²) in [5.74, 6) is -6.23. The number of esters is 2. The molecule has 2 atom stereocenters. The van der Waals surface area contributed by atoms with Gasteiger partial charge in [-0.2, -0.15) is 0 Å². The number of carbonyl (C=O) groups is 6. The third-order valence-corrected chi connectivity index (χ3v) is 5.31. The van der Waals surface area contributed by atoms with Gasteiger partial charge in [-0.05, 0) is 48.5 Å². The average molecular weight is 548 g/mol. The number of aliphatic carboxylic acids is 1. The zero-order chi connectivity index (χ0) is 29.1. The predicted molar refractivity (Wildman–Crippen MR) is 140 cm³/mol. The molecule has 206 valence electrons. The molecule has 12 nitrogen and oxygen atoms in total. The van der Waals surface area contributed by atoms with Crippen LogP contribution in [-0.2, 0) is 23.9 Å². The Balaban J connectivity index is 1.77. The van der Waals surface area contributed by atoms with Gasteiger partial charge in [0, 0.05) is 17.7 Å². The van der Waals surface area contributed by atoms with Crippen molar-refractivity contribution in [1.82, 2.24) is 10.9 Å². The van der Waals surface area contributed by atoms with E-state index in [0.717, 1.165) is 0 Å². The molecule has 12 heteroatoms. The van der Waals surface area contributed by atoms with Crippen molar-refractivity contribution in [1.29, 1.82) is 0 Å². The van der Waals surface area contributed by atoms with Crippen molar-refractivity contribution >= 4 is 41.3 Å². The molecule has 3 aromatic rings. The Labute approximate surface area is 228 Å². The number of carboxylic acids is 1. The van der Waals surface area contributed by atoms with Gasteiger partial charge in [-0.3, -0.25) is 25.2 Å². The van der Waals surface area contributed by atoms with Crippen LogP contribution in [-0.4, -0.2) is 52.9 Å². The smallest absolute Gasteiger partial charge is 0.349 e. The van der Waals surface area contributed by atoms with Gasteiger partial charge < -0.3 is 19.9 Å². The van der Waals surface area contributed by atoms with E-state index in [-0.39, 0.29) is 29.0 Å². The summed E-state index contributed by atoms with van der Waals surface area (Å²) >= 11 is 0. The summed E-state index contributed by atoms with van der Waals surface area (Å²) in [7, 11) is 0. The minimum atomic E-state index is -2.27. The summed E-state index contributed by atoms with van der Waals surface area (Å²) in [6.07, 6.45) is -4.19. The van der Waals surface area contributed by atoms with E-state index in [1.54, 1.807) is 19.1 Å². The van der Waals surface area contributed by atoms with Crippen LogP contribution in [0.4, 0.5) is 5.69 Å². The molecular weight excluding hydrogens is 522 g/mol. The molecule has 0 aromatic heterocycles. The van der Waals surface area contributed by atoms with Gasteiger partial charge in [0.1, 0.15) is 0 Å². The summed E-state index contributed by atoms with van der Waals surface area (Å²) in [5, 5.41) is 12.4. The van der Waals surface area contributed by atoms with Crippen LogP contribution in [0.5, 0.6) is 0 Å². The van der Waals surface area contributed by atoms with Gasteiger partial charge >= 0.3 is 17.9 Å². The summed E-state index contributed by atoms with van der Waals surface area (Å²) < 4.78 is 10.2. The van der Waals surface area contributed by atoms with E-state index >= 15 is 0 Å². The number of benzene rings is 3. The van der Waals surface area contributed by atoms with Crippen LogP contribution >= 0.6 is 0 Å². The highest BCUT2D eigenvalue weighted by molar-refractivity contribution is 5.99. The minimum absolute atomic E-state index is 0.00175. The maximum Gasteiger partial charge on any atom is 0.349 e. The van der Waals surface area contributed by atoms with Crippen LogP contribution < -0.4 is 16.2 Å². The molecule has 0 heterocycles. The molecule has 3 rings (SSSR count). The second-order valence-electron chi connectivity index (χ2n) is 8.14. The van der Waals surface area contributed by atoms with Crippen LogP contribution in [0.25, 0.3) is 0 Å². The number of ether oxygens (including phenoxy) is 2. The topological polar surface area (TPSA) is 177 Å². The monoisotopic (exact) mass is 547 g/mol. The Hall–Kier alpha value is -5.52. The third-order valence-electron chi connectivity index (χ3n) is 5.31. The van der Waals surface area contributed by atoms with Crippen molar-refractivity contribution in [2.24, 2.45) is 0 Å². The fourth-order valence-corrected chi connectivity index (χ4v) is 3.23.